The van der Waals surface area contributed by atoms with Crippen LogP contribution in [0.5, 0.6) is 0 Å². The summed E-state index contributed by atoms with van der Waals surface area (Å²) >= 11 is 0. The Kier molecular flexibility index (Phi) is 7.64. The van der Waals surface area contributed by atoms with Crippen LogP contribution in [0.4, 0.5) is 0 Å². The largest absolute Gasteiger partial charge is 0.372 e. The fourth-order valence-electron chi connectivity index (χ4n) is 3.53. The minimum Gasteiger partial charge on any atom is -0.372 e. The van der Waals surface area contributed by atoms with Gasteiger partial charge in [-0.3, -0.25) is 4.99 Å². The van der Waals surface area contributed by atoms with Crippen LogP contribution in [0.25, 0.3) is 0 Å². The van der Waals surface area contributed by atoms with Gasteiger partial charge in [-0.15, -0.1) is 0 Å². The summed E-state index contributed by atoms with van der Waals surface area (Å²) in [4.78, 5) is 4.04. The van der Waals surface area contributed by atoms with E-state index in [0.29, 0.717) is 11.8 Å². The van der Waals surface area contributed by atoms with Gasteiger partial charge in [0, 0.05) is 13.6 Å². The Bertz CT molecular complexity index is 490. The van der Waals surface area contributed by atoms with Crippen LogP contribution >= 0.6 is 0 Å². The van der Waals surface area contributed by atoms with Crippen LogP contribution < -0.4 is 5.32 Å². The van der Waals surface area contributed by atoms with Gasteiger partial charge in [-0.1, -0.05) is 43.6 Å². The van der Waals surface area contributed by atoms with E-state index in [9.17, 15) is 0 Å². The second kappa shape index (κ2) is 8.97. The van der Waals surface area contributed by atoms with Crippen molar-refractivity contribution in [2.24, 2.45) is 16.8 Å². The van der Waals surface area contributed by atoms with E-state index in [1.54, 1.807) is 19.0 Å². The first-order valence-corrected chi connectivity index (χ1v) is 8.57. The molecule has 1 aliphatic rings. The Labute approximate surface area is 137 Å². The van der Waals surface area contributed by atoms with Gasteiger partial charge in [0.2, 0.25) is 0 Å². The molecule has 0 heterocycles. The van der Waals surface area contributed by atoms with Gasteiger partial charge in [-0.25, -0.2) is 0 Å². The molecule has 0 aromatic rings. The number of rotatable bonds is 4. The molecule has 0 fully saturated rings. The molecule has 1 rings (SSSR count). The van der Waals surface area contributed by atoms with Crippen molar-refractivity contribution in [3.8, 4) is 0 Å². The molecule has 0 saturated carbocycles. The van der Waals surface area contributed by atoms with Crippen LogP contribution in [0.3, 0.4) is 0 Å². The summed E-state index contributed by atoms with van der Waals surface area (Å²) in [6.07, 6.45) is 7.73. The lowest BCUT2D eigenvalue weighted by Gasteiger charge is -2.26. The molecule has 2 heteroatoms. The first-order valence-electron chi connectivity index (χ1n) is 8.57. The standard InChI is InChI=1S/C20H34N2/c1-14(2)20-17(5)11-9-15(3)8-10-16(4)19(18(20)6)12-22-13-21-7/h9,13-14,17H,8,10-12H2,1-7H3,(H,21,22)/b15-9-,19-16?,20-18?. The summed E-state index contributed by atoms with van der Waals surface area (Å²) in [5.74, 6) is 1.20. The topological polar surface area (TPSA) is 24.4 Å². The number of nitrogens with one attached hydrogen (secondary N) is 1. The van der Waals surface area contributed by atoms with Gasteiger partial charge in [0.1, 0.15) is 0 Å². The molecule has 1 atom stereocenters. The fourth-order valence-corrected chi connectivity index (χ4v) is 3.53. The highest BCUT2D eigenvalue weighted by Gasteiger charge is 2.19. The zero-order valence-electron chi connectivity index (χ0n) is 15.6. The van der Waals surface area contributed by atoms with Gasteiger partial charge in [-0.2, -0.15) is 0 Å². The Balaban J connectivity index is 3.31. The molecule has 0 aromatic heterocycles. The molecule has 0 aliphatic heterocycles. The Morgan fingerprint density at radius 1 is 1.27 bits per heavy atom. The third-order valence-electron chi connectivity index (χ3n) is 4.77. The normalized spacial score (nSPS) is 24.0. The number of allylic oxidation sites excluding steroid dienone is 4. The van der Waals surface area contributed by atoms with E-state index in [1.165, 1.54) is 28.7 Å². The van der Waals surface area contributed by atoms with Crippen LogP contribution in [0, 0.1) is 11.8 Å². The molecule has 0 radical (unpaired) electrons. The van der Waals surface area contributed by atoms with E-state index >= 15 is 0 Å². The zero-order valence-corrected chi connectivity index (χ0v) is 15.6. The minimum atomic E-state index is 0.589. The number of hydrogen-bond donors (Lipinski definition) is 1. The summed E-state index contributed by atoms with van der Waals surface area (Å²) in [5, 5.41) is 3.34. The van der Waals surface area contributed by atoms with Crippen molar-refractivity contribution in [1.29, 1.82) is 0 Å². The number of nitrogens with zero attached hydrogens (tertiary/aromatic N) is 1. The highest BCUT2D eigenvalue weighted by Crippen LogP contribution is 2.33. The molecule has 2 nitrogen and oxygen atoms in total. The van der Waals surface area contributed by atoms with Crippen LogP contribution in [0.1, 0.15) is 60.8 Å². The van der Waals surface area contributed by atoms with Gasteiger partial charge in [0.05, 0.1) is 6.34 Å². The molecule has 0 bridgehead atoms. The Hall–Kier alpha value is -1.31. The summed E-state index contributed by atoms with van der Waals surface area (Å²) in [5.41, 5.74) is 7.61. The van der Waals surface area contributed by atoms with Gasteiger partial charge in [0.25, 0.3) is 0 Å². The maximum absolute atomic E-state index is 4.04. The van der Waals surface area contributed by atoms with Crippen molar-refractivity contribution in [2.45, 2.75) is 60.8 Å². The molecule has 0 saturated heterocycles. The fraction of sp³-hybridized carbons (Fsp3) is 0.650. The number of hydrogen-bond acceptors (Lipinski definition) is 1. The average Bonchev–Trinajstić information content (AvgIpc) is 2.46. The Morgan fingerprint density at radius 3 is 2.55 bits per heavy atom. The van der Waals surface area contributed by atoms with Crippen LogP contribution in [0.2, 0.25) is 0 Å². The maximum atomic E-state index is 4.04. The predicted molar refractivity (Wildman–Crippen MR) is 99.4 cm³/mol. The van der Waals surface area contributed by atoms with E-state index in [1.807, 2.05) is 0 Å². The lowest BCUT2D eigenvalue weighted by atomic mass is 9.81. The quantitative estimate of drug-likeness (QED) is 0.426. The highest BCUT2D eigenvalue weighted by atomic mass is 14.9. The van der Waals surface area contributed by atoms with E-state index < -0.39 is 0 Å². The van der Waals surface area contributed by atoms with Crippen molar-refractivity contribution in [3.05, 3.63) is 33.9 Å². The maximum Gasteiger partial charge on any atom is 0.0823 e. The average molecular weight is 303 g/mol. The van der Waals surface area contributed by atoms with E-state index in [2.05, 4.69) is 57.9 Å². The smallest absolute Gasteiger partial charge is 0.0823 e. The third-order valence-corrected chi connectivity index (χ3v) is 4.77. The molecule has 0 aromatic carbocycles. The molecule has 124 valence electrons. The summed E-state index contributed by atoms with van der Waals surface area (Å²) in [6, 6.07) is 0. The van der Waals surface area contributed by atoms with Gasteiger partial charge in [-0.05, 0) is 63.0 Å². The highest BCUT2D eigenvalue weighted by molar-refractivity contribution is 5.55. The van der Waals surface area contributed by atoms with Crippen molar-refractivity contribution >= 4 is 6.34 Å². The molecule has 1 unspecified atom stereocenters. The van der Waals surface area contributed by atoms with E-state index in [-0.39, 0.29) is 0 Å². The van der Waals surface area contributed by atoms with Gasteiger partial charge in [0.15, 0.2) is 0 Å². The molecule has 1 N–H and O–H groups in total. The monoisotopic (exact) mass is 302 g/mol. The van der Waals surface area contributed by atoms with E-state index in [0.717, 1.165) is 19.4 Å². The molecule has 0 amide bonds. The van der Waals surface area contributed by atoms with Crippen molar-refractivity contribution in [2.75, 3.05) is 13.6 Å². The van der Waals surface area contributed by atoms with Gasteiger partial charge >= 0.3 is 0 Å². The van der Waals surface area contributed by atoms with Crippen LogP contribution in [0.15, 0.2) is 38.9 Å². The van der Waals surface area contributed by atoms with Crippen LogP contribution in [-0.2, 0) is 0 Å². The second-order valence-corrected chi connectivity index (χ2v) is 6.95. The SMILES string of the molecule is CN=CNCC1=C(C)CC/C(C)=C\CC(C)C(C(C)C)=C1C. The summed E-state index contributed by atoms with van der Waals surface area (Å²) < 4.78 is 0. The summed E-state index contributed by atoms with van der Waals surface area (Å²) in [7, 11) is 1.81. The first kappa shape index (κ1) is 18.7. The first-order chi connectivity index (χ1) is 10.4. The third kappa shape index (κ3) is 5.15. The predicted octanol–water partition coefficient (Wildman–Crippen LogP) is 5.29. The lowest BCUT2D eigenvalue weighted by molar-refractivity contribution is 0.577. The van der Waals surface area contributed by atoms with Crippen LogP contribution in [-0.4, -0.2) is 19.9 Å². The van der Waals surface area contributed by atoms with Gasteiger partial charge < -0.3 is 5.32 Å². The van der Waals surface area contributed by atoms with Crippen molar-refractivity contribution in [3.63, 3.8) is 0 Å². The zero-order chi connectivity index (χ0) is 16.7. The minimum absolute atomic E-state index is 0.589. The second-order valence-electron chi connectivity index (χ2n) is 6.95. The Morgan fingerprint density at radius 2 is 1.95 bits per heavy atom. The van der Waals surface area contributed by atoms with Crippen molar-refractivity contribution < 1.29 is 0 Å². The lowest BCUT2D eigenvalue weighted by Crippen LogP contribution is -2.19. The molecule has 1 aliphatic carbocycles. The molecular weight excluding hydrogens is 268 g/mol. The number of aliphatic imine (C=N–C) groups is 1. The molecule has 0 spiro atoms. The van der Waals surface area contributed by atoms with E-state index in [4.69, 9.17) is 0 Å². The molecule has 22 heavy (non-hydrogen) atoms. The van der Waals surface area contributed by atoms with Crippen molar-refractivity contribution in [1.82, 2.24) is 5.32 Å². The summed E-state index contributed by atoms with van der Waals surface area (Å²) in [6.45, 7) is 14.8. The molecular formula is C20H34N2.